The van der Waals surface area contributed by atoms with Crippen LogP contribution in [-0.2, 0) is 10.0 Å². The average molecular weight is 401 g/mol. The summed E-state index contributed by atoms with van der Waals surface area (Å²) in [6, 6.07) is 6.01. The molecule has 146 valence electrons. The molecular weight excluding hydrogens is 384 g/mol. The van der Waals surface area contributed by atoms with Gasteiger partial charge in [-0.15, -0.1) is 0 Å². The van der Waals surface area contributed by atoms with Crippen molar-refractivity contribution in [1.82, 2.24) is 0 Å². The number of nitrogens with one attached hydrogen (secondary N) is 1. The first kappa shape index (κ1) is 20.4. The number of aryl methyl sites for hydroxylation is 1. The van der Waals surface area contributed by atoms with E-state index in [4.69, 9.17) is 9.84 Å². The van der Waals surface area contributed by atoms with E-state index in [1.54, 1.807) is 6.92 Å². The zero-order valence-electron chi connectivity index (χ0n) is 14.6. The molecular formula is C17H17F2NO6S. The van der Waals surface area contributed by atoms with Crippen LogP contribution in [-0.4, -0.2) is 33.2 Å². The number of benzene rings is 2. The summed E-state index contributed by atoms with van der Waals surface area (Å²) < 4.78 is 61.9. The smallest absolute Gasteiger partial charge is 0.387 e. The molecule has 0 aliphatic rings. The number of hydrogen-bond donors (Lipinski definition) is 2. The number of carbonyl (C=O) groups is 1. The third-order valence-corrected chi connectivity index (χ3v) is 5.30. The largest absolute Gasteiger partial charge is 0.493 e. The quantitative estimate of drug-likeness (QED) is 0.737. The number of ether oxygens (including phenoxy) is 2. The van der Waals surface area contributed by atoms with E-state index in [0.29, 0.717) is 11.1 Å². The molecule has 27 heavy (non-hydrogen) atoms. The van der Waals surface area contributed by atoms with E-state index in [-0.39, 0.29) is 27.6 Å². The van der Waals surface area contributed by atoms with Crippen LogP contribution in [0.3, 0.4) is 0 Å². The number of hydrogen-bond acceptors (Lipinski definition) is 5. The van der Waals surface area contributed by atoms with Gasteiger partial charge in [-0.2, -0.15) is 8.78 Å². The van der Waals surface area contributed by atoms with Crippen molar-refractivity contribution < 1.29 is 36.6 Å². The van der Waals surface area contributed by atoms with Gasteiger partial charge in [0, 0.05) is 6.07 Å². The highest BCUT2D eigenvalue weighted by atomic mass is 32.2. The maximum Gasteiger partial charge on any atom is 0.387 e. The molecule has 0 atom stereocenters. The lowest BCUT2D eigenvalue weighted by atomic mass is 10.1. The van der Waals surface area contributed by atoms with Gasteiger partial charge in [-0.25, -0.2) is 13.2 Å². The minimum absolute atomic E-state index is 0.00172. The van der Waals surface area contributed by atoms with Gasteiger partial charge in [-0.05, 0) is 49.2 Å². The van der Waals surface area contributed by atoms with Crippen molar-refractivity contribution in [1.29, 1.82) is 0 Å². The Kier molecular flexibility index (Phi) is 5.89. The van der Waals surface area contributed by atoms with Gasteiger partial charge < -0.3 is 14.6 Å². The molecule has 0 spiro atoms. The van der Waals surface area contributed by atoms with Crippen molar-refractivity contribution in [3.8, 4) is 11.5 Å². The van der Waals surface area contributed by atoms with E-state index >= 15 is 0 Å². The molecule has 0 bridgehead atoms. The topological polar surface area (TPSA) is 102 Å². The van der Waals surface area contributed by atoms with Crippen LogP contribution in [0.4, 0.5) is 14.5 Å². The Labute approximate surface area is 154 Å². The first-order chi connectivity index (χ1) is 12.5. The van der Waals surface area contributed by atoms with Crippen molar-refractivity contribution in [3.05, 3.63) is 47.0 Å². The highest BCUT2D eigenvalue weighted by Gasteiger charge is 2.22. The summed E-state index contributed by atoms with van der Waals surface area (Å²) in [6.07, 6.45) is 0. The van der Waals surface area contributed by atoms with Crippen molar-refractivity contribution >= 4 is 21.7 Å². The summed E-state index contributed by atoms with van der Waals surface area (Å²) in [7, 11) is -2.93. The molecule has 0 unspecified atom stereocenters. The molecule has 0 heterocycles. The second-order valence-electron chi connectivity index (χ2n) is 5.57. The Balaban J connectivity index is 2.46. The van der Waals surface area contributed by atoms with Crippen LogP contribution in [0.1, 0.15) is 21.5 Å². The molecule has 2 N–H and O–H groups in total. The lowest BCUT2D eigenvalue weighted by molar-refractivity contribution is -0.0511. The number of methoxy groups -OCH3 is 1. The van der Waals surface area contributed by atoms with Crippen LogP contribution in [0.15, 0.2) is 35.2 Å². The summed E-state index contributed by atoms with van der Waals surface area (Å²) in [5.74, 6) is -1.62. The second-order valence-corrected chi connectivity index (χ2v) is 7.22. The first-order valence-electron chi connectivity index (χ1n) is 7.55. The second kappa shape index (κ2) is 7.78. The molecule has 2 aromatic carbocycles. The number of aromatic carboxylic acids is 1. The molecule has 0 amide bonds. The number of carboxylic acid groups (broad SMARTS) is 1. The fraction of sp³-hybridized carbons (Fsp3) is 0.235. The third-order valence-electron chi connectivity index (χ3n) is 3.79. The van der Waals surface area contributed by atoms with E-state index in [1.807, 2.05) is 0 Å². The number of anilines is 1. The Morgan fingerprint density at radius 3 is 2.37 bits per heavy atom. The summed E-state index contributed by atoms with van der Waals surface area (Å²) in [4.78, 5) is 11.0. The van der Waals surface area contributed by atoms with Gasteiger partial charge in [-0.1, -0.05) is 0 Å². The minimum Gasteiger partial charge on any atom is -0.493 e. The molecule has 0 aliphatic carbocycles. The maximum atomic E-state index is 12.7. The van der Waals surface area contributed by atoms with Crippen LogP contribution < -0.4 is 14.2 Å². The van der Waals surface area contributed by atoms with E-state index in [2.05, 4.69) is 9.46 Å². The van der Waals surface area contributed by atoms with Gasteiger partial charge in [0.15, 0.2) is 11.5 Å². The molecule has 0 radical (unpaired) electrons. The molecule has 0 aromatic heterocycles. The van der Waals surface area contributed by atoms with Crippen LogP contribution in [0.2, 0.25) is 0 Å². The number of rotatable bonds is 7. The monoisotopic (exact) mass is 401 g/mol. The van der Waals surface area contributed by atoms with Crippen molar-refractivity contribution in [3.63, 3.8) is 0 Å². The van der Waals surface area contributed by atoms with Crippen molar-refractivity contribution in [2.45, 2.75) is 25.4 Å². The summed E-state index contributed by atoms with van der Waals surface area (Å²) in [6.45, 7) is 0.000345. The lowest BCUT2D eigenvalue weighted by Crippen LogP contribution is -2.16. The Morgan fingerprint density at radius 1 is 1.15 bits per heavy atom. The normalized spacial score (nSPS) is 11.3. The molecule has 2 rings (SSSR count). The van der Waals surface area contributed by atoms with E-state index in [1.165, 1.54) is 32.2 Å². The van der Waals surface area contributed by atoms with Gasteiger partial charge in [0.1, 0.15) is 0 Å². The van der Waals surface area contributed by atoms with Crippen molar-refractivity contribution in [2.24, 2.45) is 0 Å². The van der Waals surface area contributed by atoms with E-state index in [9.17, 15) is 22.0 Å². The maximum absolute atomic E-state index is 12.7. The number of alkyl halides is 2. The zero-order valence-corrected chi connectivity index (χ0v) is 15.4. The molecule has 7 nitrogen and oxygen atoms in total. The molecule has 0 fully saturated rings. The number of halogens is 2. The van der Waals surface area contributed by atoms with Crippen LogP contribution in [0.25, 0.3) is 0 Å². The zero-order chi connectivity index (χ0) is 20.4. The molecule has 0 saturated carbocycles. The predicted molar refractivity (Wildman–Crippen MR) is 93.3 cm³/mol. The SMILES string of the molecule is COc1ccc(NS(=O)(=O)c2cc(C(=O)O)cc(C)c2C)cc1OC(F)F. The van der Waals surface area contributed by atoms with Crippen LogP contribution in [0.5, 0.6) is 11.5 Å². The highest BCUT2D eigenvalue weighted by Crippen LogP contribution is 2.33. The Hall–Kier alpha value is -2.88. The Bertz CT molecular complexity index is 976. The minimum atomic E-state index is -4.18. The molecule has 10 heteroatoms. The van der Waals surface area contributed by atoms with Crippen LogP contribution >= 0.6 is 0 Å². The summed E-state index contributed by atoms with van der Waals surface area (Å²) in [5, 5.41) is 9.14. The standard InChI is InChI=1S/C17H17F2NO6S/c1-9-6-11(16(21)22)7-15(10(9)2)27(23,24)20-12-4-5-13(25-3)14(8-12)26-17(18)19/h4-8,17,20H,1-3H3,(H,21,22). The van der Waals surface area contributed by atoms with Gasteiger partial charge >= 0.3 is 12.6 Å². The van der Waals surface area contributed by atoms with Crippen LogP contribution in [0, 0.1) is 13.8 Å². The van der Waals surface area contributed by atoms with E-state index in [0.717, 1.165) is 12.1 Å². The summed E-state index contributed by atoms with van der Waals surface area (Å²) in [5.41, 5.74) is 0.607. The first-order valence-corrected chi connectivity index (χ1v) is 9.03. The number of carboxylic acids is 1. The molecule has 2 aromatic rings. The van der Waals surface area contributed by atoms with Crippen molar-refractivity contribution in [2.75, 3.05) is 11.8 Å². The number of sulfonamides is 1. The fourth-order valence-electron chi connectivity index (χ4n) is 2.37. The molecule has 0 aliphatic heterocycles. The fourth-order valence-corrected chi connectivity index (χ4v) is 3.76. The highest BCUT2D eigenvalue weighted by molar-refractivity contribution is 7.92. The third kappa shape index (κ3) is 4.64. The van der Waals surface area contributed by atoms with Gasteiger partial charge in [0.05, 0.1) is 23.3 Å². The predicted octanol–water partition coefficient (Wildman–Crippen LogP) is 3.41. The van der Waals surface area contributed by atoms with Gasteiger partial charge in [0.2, 0.25) is 0 Å². The van der Waals surface area contributed by atoms with Gasteiger partial charge in [0.25, 0.3) is 10.0 Å². The van der Waals surface area contributed by atoms with Gasteiger partial charge in [-0.3, -0.25) is 4.72 Å². The summed E-state index contributed by atoms with van der Waals surface area (Å²) >= 11 is 0. The Morgan fingerprint density at radius 2 is 1.81 bits per heavy atom. The lowest BCUT2D eigenvalue weighted by Gasteiger charge is -2.15. The van der Waals surface area contributed by atoms with E-state index < -0.39 is 22.6 Å². The molecule has 0 saturated heterocycles. The average Bonchev–Trinajstić information content (AvgIpc) is 2.56.